The quantitative estimate of drug-likeness (QED) is 0.0211. The van der Waals surface area contributed by atoms with Gasteiger partial charge in [-0.15, -0.1) is 0 Å². The van der Waals surface area contributed by atoms with E-state index in [-0.39, 0.29) is 32.2 Å². The van der Waals surface area contributed by atoms with Crippen molar-refractivity contribution in [2.45, 2.75) is 367 Å². The van der Waals surface area contributed by atoms with Crippen molar-refractivity contribution in [3.63, 3.8) is 0 Å². The van der Waals surface area contributed by atoms with Crippen molar-refractivity contribution in [1.29, 1.82) is 0 Å². The molecule has 90 heavy (non-hydrogen) atoms. The van der Waals surface area contributed by atoms with Crippen LogP contribution in [0.4, 0.5) is 0 Å². The maximum absolute atomic E-state index is 13.0. The van der Waals surface area contributed by atoms with Crippen LogP contribution in [-0.2, 0) is 33.3 Å². The molecule has 9 nitrogen and oxygen atoms in total. The first-order valence-corrected chi connectivity index (χ1v) is 38.3. The van der Waals surface area contributed by atoms with Crippen LogP contribution in [0.25, 0.3) is 0 Å². The number of nitrogens with zero attached hydrogens (tertiary/aromatic N) is 1. The van der Waals surface area contributed by atoms with Crippen LogP contribution in [0.5, 0.6) is 0 Å². The number of likely N-dealkylation sites (N-methyl/N-ethyl adjacent to an activating group) is 1. The molecule has 0 aromatic rings. The molecule has 0 aliphatic heterocycles. The molecule has 0 fully saturated rings. The molecule has 0 amide bonds. The predicted octanol–water partition coefficient (Wildman–Crippen LogP) is 24.2. The van der Waals surface area contributed by atoms with Gasteiger partial charge in [0.25, 0.3) is 6.29 Å². The van der Waals surface area contributed by atoms with Crippen LogP contribution in [0.1, 0.15) is 354 Å². The normalized spacial score (nSPS) is 13.1. The molecule has 9 heteroatoms. The second-order valence-electron chi connectivity index (χ2n) is 26.9. The van der Waals surface area contributed by atoms with Crippen molar-refractivity contribution in [3.8, 4) is 0 Å². The van der Waals surface area contributed by atoms with Gasteiger partial charge in [-0.05, 0) is 70.6 Å². The number of aliphatic carboxylic acids is 1. The molecule has 0 rings (SSSR count). The summed E-state index contributed by atoms with van der Waals surface area (Å²) in [4.78, 5) is 37.7. The molecule has 522 valence electrons. The van der Waals surface area contributed by atoms with E-state index in [4.69, 9.17) is 18.9 Å². The number of quaternary nitrogens is 1. The Morgan fingerprint density at radius 2 is 0.633 bits per heavy atom. The Bertz CT molecular complexity index is 1760. The van der Waals surface area contributed by atoms with Gasteiger partial charge in [0.2, 0.25) is 0 Å². The van der Waals surface area contributed by atoms with Crippen LogP contribution in [0.2, 0.25) is 0 Å². The Morgan fingerprint density at radius 1 is 0.344 bits per heavy atom. The minimum Gasteiger partial charge on any atom is -0.477 e. The molecule has 0 saturated carbocycles. The Labute approximate surface area is 557 Å². The molecule has 0 saturated heterocycles. The van der Waals surface area contributed by atoms with Crippen molar-refractivity contribution in [2.24, 2.45) is 0 Å². The Kier molecular flexibility index (Phi) is 68.5. The number of carbonyl (C=O) groups excluding carboxylic acids is 2. The van der Waals surface area contributed by atoms with Crippen LogP contribution in [0, 0.1) is 0 Å². The van der Waals surface area contributed by atoms with Gasteiger partial charge in [-0.2, -0.15) is 0 Å². The SMILES string of the molecule is CC/C=C\C/C=C\C/C=C\C/C=C\C/C=C\C/C=C\C/C=C\CCCCCCCCCCCCCCCC(=O)OC(COC(=O)CCCCCCCCCCCCCCCCCCCCCCCCCCCCCCCC)COC(OCC[N+](C)(C)C)C(=O)O. The monoisotopic (exact) mass is 1260 g/mol. The minimum absolute atomic E-state index is 0.181. The third kappa shape index (κ3) is 71.9. The third-order valence-electron chi connectivity index (χ3n) is 16.9. The zero-order valence-electron chi connectivity index (χ0n) is 59.8. The summed E-state index contributed by atoms with van der Waals surface area (Å²) in [6.07, 6.45) is 94.3. The van der Waals surface area contributed by atoms with Gasteiger partial charge in [0.15, 0.2) is 6.10 Å². The largest absolute Gasteiger partial charge is 0.477 e. The maximum atomic E-state index is 13.0. The second kappa shape index (κ2) is 71.3. The van der Waals surface area contributed by atoms with Crippen molar-refractivity contribution in [3.05, 3.63) is 85.1 Å². The summed E-state index contributed by atoms with van der Waals surface area (Å²) < 4.78 is 23.0. The van der Waals surface area contributed by atoms with Gasteiger partial charge in [-0.1, -0.05) is 356 Å². The number of carbonyl (C=O) groups is 3. The zero-order valence-corrected chi connectivity index (χ0v) is 59.8. The molecule has 0 aromatic heterocycles. The fraction of sp³-hybridized carbons (Fsp3) is 0.790. The van der Waals surface area contributed by atoms with Crippen LogP contribution in [-0.4, -0.2) is 87.4 Å². The zero-order chi connectivity index (χ0) is 65.4. The average Bonchev–Trinajstić information content (AvgIpc) is 3.73. The summed E-state index contributed by atoms with van der Waals surface area (Å²) in [5, 5.41) is 9.77. The third-order valence-corrected chi connectivity index (χ3v) is 16.9. The van der Waals surface area contributed by atoms with Crippen LogP contribution < -0.4 is 0 Å². The maximum Gasteiger partial charge on any atom is 0.361 e. The van der Waals surface area contributed by atoms with Crippen LogP contribution >= 0.6 is 0 Å². The highest BCUT2D eigenvalue weighted by molar-refractivity contribution is 5.71. The predicted molar refractivity (Wildman–Crippen MR) is 387 cm³/mol. The number of esters is 2. The number of unbranched alkanes of at least 4 members (excludes halogenated alkanes) is 42. The summed E-state index contributed by atoms with van der Waals surface area (Å²) in [6.45, 7) is 4.82. The smallest absolute Gasteiger partial charge is 0.361 e. The molecule has 0 heterocycles. The van der Waals surface area contributed by atoms with E-state index in [9.17, 15) is 19.5 Å². The summed E-state index contributed by atoms with van der Waals surface area (Å²) in [6, 6.07) is 0. The van der Waals surface area contributed by atoms with Gasteiger partial charge in [0, 0.05) is 12.8 Å². The van der Waals surface area contributed by atoms with Crippen molar-refractivity contribution in [1.82, 2.24) is 0 Å². The lowest BCUT2D eigenvalue weighted by Crippen LogP contribution is -2.40. The van der Waals surface area contributed by atoms with Crippen molar-refractivity contribution < 1.29 is 42.9 Å². The van der Waals surface area contributed by atoms with Gasteiger partial charge in [0.1, 0.15) is 13.2 Å². The molecular formula is C81H146NO8+. The summed E-state index contributed by atoms with van der Waals surface area (Å²) in [5.74, 6) is -1.99. The minimum atomic E-state index is -1.51. The Morgan fingerprint density at radius 3 is 0.944 bits per heavy atom. The van der Waals surface area contributed by atoms with Crippen LogP contribution in [0.15, 0.2) is 85.1 Å². The standard InChI is InChI=1S/C81H145NO8/c1-6-8-10-12-14-16-18-20-22-24-26-28-30-32-34-36-38-39-40-41-42-44-46-48-50-52-54-56-58-60-62-64-66-68-70-72-79(84)90-77(76-89-81(80(85)86)87-74-73-82(3,4)5)75-88-78(83)71-69-67-65-63-61-59-57-55-53-51-49-47-45-43-37-35-33-31-29-27-25-23-21-19-17-15-13-11-9-7-2/h8,10,14,16,20,22,26,28,32,34,38-39,41-42,77,81H,6-7,9,11-13,15,17-19,21,23-25,27,29-31,33,35-37,40,43-76H2,1-5H3/p+1/b10-8-,16-14-,22-20-,28-26-,34-32-,39-38-,42-41-. The first-order chi connectivity index (χ1) is 44.1. The molecule has 0 bridgehead atoms. The highest BCUT2D eigenvalue weighted by Gasteiger charge is 2.25. The van der Waals surface area contributed by atoms with Gasteiger partial charge in [0.05, 0.1) is 34.4 Å². The lowest BCUT2D eigenvalue weighted by molar-refractivity contribution is -0.870. The first kappa shape index (κ1) is 86.5. The average molecular weight is 1260 g/mol. The van der Waals surface area contributed by atoms with Crippen molar-refractivity contribution in [2.75, 3.05) is 47.5 Å². The molecule has 0 spiro atoms. The summed E-state index contributed by atoms with van der Waals surface area (Å²) >= 11 is 0. The topological polar surface area (TPSA) is 108 Å². The molecule has 1 N–H and O–H groups in total. The molecule has 0 aliphatic carbocycles. The van der Waals surface area contributed by atoms with E-state index in [0.717, 1.165) is 83.5 Å². The number of carboxylic acid groups (broad SMARTS) is 1. The highest BCUT2D eigenvalue weighted by atomic mass is 16.7. The van der Waals surface area contributed by atoms with E-state index in [1.54, 1.807) is 0 Å². The lowest BCUT2D eigenvalue weighted by Gasteiger charge is -2.25. The van der Waals surface area contributed by atoms with E-state index in [2.05, 4.69) is 98.9 Å². The van der Waals surface area contributed by atoms with Gasteiger partial charge in [-0.3, -0.25) is 9.59 Å². The number of hydrogen-bond acceptors (Lipinski definition) is 7. The molecule has 0 aliphatic rings. The van der Waals surface area contributed by atoms with Crippen LogP contribution in [0.3, 0.4) is 0 Å². The number of rotatable bonds is 71. The first-order valence-electron chi connectivity index (χ1n) is 38.3. The lowest BCUT2D eigenvalue weighted by atomic mass is 10.0. The molecule has 0 radical (unpaired) electrons. The summed E-state index contributed by atoms with van der Waals surface area (Å²) in [5.41, 5.74) is 0. The Balaban J connectivity index is 4.06. The van der Waals surface area contributed by atoms with E-state index in [0.29, 0.717) is 17.4 Å². The molecule has 2 atom stereocenters. The molecule has 0 aromatic carbocycles. The number of ether oxygens (including phenoxy) is 4. The van der Waals surface area contributed by atoms with Gasteiger partial charge < -0.3 is 28.5 Å². The number of hydrogen-bond donors (Lipinski definition) is 1. The van der Waals surface area contributed by atoms with E-state index >= 15 is 0 Å². The fourth-order valence-electron chi connectivity index (χ4n) is 11.1. The van der Waals surface area contributed by atoms with E-state index < -0.39 is 24.3 Å². The Hall–Kier alpha value is -3.53. The number of allylic oxidation sites excluding steroid dienone is 14. The molecule has 2 unspecified atom stereocenters. The van der Waals surface area contributed by atoms with E-state index in [1.807, 2.05) is 21.1 Å². The second-order valence-corrected chi connectivity index (χ2v) is 26.9. The number of carboxylic acids is 1. The summed E-state index contributed by atoms with van der Waals surface area (Å²) in [7, 11) is 5.99. The van der Waals surface area contributed by atoms with E-state index in [1.165, 1.54) is 244 Å². The van der Waals surface area contributed by atoms with Gasteiger partial charge in [-0.25, -0.2) is 4.79 Å². The fourth-order valence-corrected chi connectivity index (χ4v) is 11.1. The van der Waals surface area contributed by atoms with Crippen molar-refractivity contribution >= 4 is 17.9 Å². The van der Waals surface area contributed by atoms with Gasteiger partial charge >= 0.3 is 17.9 Å². The highest BCUT2D eigenvalue weighted by Crippen LogP contribution is 2.19. The molecular weight excluding hydrogens is 1110 g/mol.